The van der Waals surface area contributed by atoms with Crippen LogP contribution in [0.25, 0.3) is 10.9 Å². The number of carbonyl (C=O) groups is 19. The average Bonchev–Trinajstić information content (AvgIpc) is 1.64. The Kier molecular flexibility index (Phi) is 44.1. The van der Waals surface area contributed by atoms with Crippen molar-refractivity contribution in [3.63, 3.8) is 0 Å². The molecule has 1 aromatic heterocycles. The fourth-order valence-corrected chi connectivity index (χ4v) is 17.5. The molecule has 3 aromatic carbocycles. The zero-order chi connectivity index (χ0) is 100. The van der Waals surface area contributed by atoms with Crippen molar-refractivity contribution in [2.24, 2.45) is 22.5 Å². The molecule has 0 radical (unpaired) electrons. The lowest BCUT2D eigenvalue weighted by atomic mass is 9.99. The van der Waals surface area contributed by atoms with E-state index in [1.165, 1.54) is 50.1 Å². The van der Waals surface area contributed by atoms with Crippen LogP contribution in [0.5, 0.6) is 0 Å². The van der Waals surface area contributed by atoms with E-state index in [0.29, 0.717) is 27.6 Å². The number of nitrogens with zero attached hydrogens (tertiary/aromatic N) is 5. The van der Waals surface area contributed by atoms with Crippen LogP contribution >= 0.6 is 23.5 Å². The maximum absolute atomic E-state index is 15.2. The summed E-state index contributed by atoms with van der Waals surface area (Å²) in [5.74, 6) is -24.0. The van der Waals surface area contributed by atoms with Crippen molar-refractivity contribution in [3.05, 3.63) is 101 Å². The van der Waals surface area contributed by atoms with Crippen molar-refractivity contribution in [2.45, 2.75) is 175 Å². The Morgan fingerprint density at radius 1 is 0.537 bits per heavy atom. The highest BCUT2D eigenvalue weighted by molar-refractivity contribution is 7.98. The number of hydrogen-bond acceptors (Lipinski definition) is 29. The molecule has 48 nitrogen and oxygen atoms in total. The van der Waals surface area contributed by atoms with Gasteiger partial charge in [-0.15, -0.1) is 0 Å². The van der Waals surface area contributed by atoms with E-state index in [-0.39, 0.29) is 113 Å². The van der Waals surface area contributed by atoms with Crippen LogP contribution in [0.4, 0.5) is 5.69 Å². The van der Waals surface area contributed by atoms with Crippen LogP contribution < -0.4 is 75.1 Å². The predicted molar refractivity (Wildman–Crippen MR) is 490 cm³/mol. The second-order valence-electron chi connectivity index (χ2n) is 33.5. The number of thioether (sulfide) groups is 2. The summed E-state index contributed by atoms with van der Waals surface area (Å²) in [5.41, 5.74) is 13.9. The number of carboxylic acids is 5. The molecule has 4 heterocycles. The number of fused-ring (bicyclic) bond motifs is 4. The van der Waals surface area contributed by atoms with Crippen molar-refractivity contribution in [1.29, 1.82) is 0 Å². The minimum Gasteiger partial charge on any atom is -0.481 e. The smallest absolute Gasteiger partial charge is 0.317 e. The Hall–Kier alpha value is -12.5. The first kappa shape index (κ1) is 111. The van der Waals surface area contributed by atoms with Crippen LogP contribution in [-0.4, -0.2) is 368 Å². The molecule has 14 amide bonds. The molecule has 51 heteroatoms. The van der Waals surface area contributed by atoms with Gasteiger partial charge in [0.2, 0.25) is 92.7 Å². The average molecular weight is 1970 g/mol. The van der Waals surface area contributed by atoms with E-state index < -0.39 is 290 Å². The lowest BCUT2D eigenvalue weighted by Crippen LogP contribution is -2.62. The zero-order valence-electron chi connectivity index (χ0n) is 75.1. The Morgan fingerprint density at radius 3 is 1.60 bits per heavy atom. The zero-order valence-corrected chi connectivity index (χ0v) is 77.6. The molecule has 0 spiro atoms. The van der Waals surface area contributed by atoms with Gasteiger partial charge in [-0.25, -0.2) is 13.6 Å². The highest BCUT2D eigenvalue weighted by atomic mass is 32.2. The summed E-state index contributed by atoms with van der Waals surface area (Å²) >= 11 is 2.11. The summed E-state index contributed by atoms with van der Waals surface area (Å²) in [6.07, 6.45) is -6.04. The van der Waals surface area contributed by atoms with Crippen LogP contribution in [0.3, 0.4) is 0 Å². The third-order valence-corrected chi connectivity index (χ3v) is 25.1. The van der Waals surface area contributed by atoms with Crippen molar-refractivity contribution in [1.82, 2.24) is 82.7 Å². The topological polar surface area (TPSA) is 742 Å². The molecule has 4 aromatic rings. The quantitative estimate of drug-likeness (QED) is 0.0216. The summed E-state index contributed by atoms with van der Waals surface area (Å²) in [5, 5.41) is 105. The molecule has 0 aliphatic carbocycles. The van der Waals surface area contributed by atoms with Gasteiger partial charge in [0.25, 0.3) is 0 Å². The summed E-state index contributed by atoms with van der Waals surface area (Å²) < 4.78 is 23.3. The van der Waals surface area contributed by atoms with Gasteiger partial charge in [0, 0.05) is 137 Å². The molecule has 0 saturated carbocycles. The molecule has 2 fully saturated rings. The first-order chi connectivity index (χ1) is 64.3. The van der Waals surface area contributed by atoms with E-state index in [2.05, 4.69) is 63.5 Å². The molecule has 0 unspecified atom stereocenters. The Bertz CT molecular complexity index is 5020. The number of para-hydroxylation sites is 1. The van der Waals surface area contributed by atoms with Crippen LogP contribution in [0.15, 0.2) is 79.0 Å². The van der Waals surface area contributed by atoms with Crippen molar-refractivity contribution in [3.8, 4) is 0 Å². The maximum Gasteiger partial charge on any atom is 0.317 e. The third kappa shape index (κ3) is 38.0. The highest BCUT2D eigenvalue weighted by Gasteiger charge is 2.43. The van der Waals surface area contributed by atoms with E-state index in [1.54, 1.807) is 62.4 Å². The number of aromatic amines is 1. The van der Waals surface area contributed by atoms with Gasteiger partial charge >= 0.3 is 29.8 Å². The number of nitrogens with one attached hydrogen (secondary N) is 12. The SMILES string of the molecule is CC(C)C[C@@H]1NC(=O)[C@H](Cc2ccc(NC(=O)CCS(N)(=O)=O)cc2)NC(=O)[C@H](CC(=O)O)NC(=O)[C@H]2CCCN2C(=O)[C@H](CCC(=O)O)NC(=O)[C@@H](NC(=O)[C@H](CCC(N)=O)NC(=O)CN2CCN(CC(=O)O)CCN(CC(=O)O)CCN(CC(=O)O)CC2)CSCc2cccc(c2)CSC[C@@H](C(N)=O)NC(=O)[C@H](CO)NC(=O)[C@H](Cc2c[nH]c3ccccc23)NC(=O)[C@H]([C@@H](C)O)NC1=O. The Balaban J connectivity index is 1.28. The van der Waals surface area contributed by atoms with Gasteiger partial charge in [0.05, 0.1) is 51.1 Å². The summed E-state index contributed by atoms with van der Waals surface area (Å²) in [7, 11) is -4.07. The summed E-state index contributed by atoms with van der Waals surface area (Å²) in [6.45, 7) is 0.949. The number of nitrogens with two attached hydrogens (primary N) is 3. The first-order valence-corrected chi connectivity index (χ1v) is 47.7. The molecule has 3 aliphatic heterocycles. The number of primary amides is 2. The maximum atomic E-state index is 15.2. The molecule has 2 saturated heterocycles. The number of aromatic nitrogens is 1. The van der Waals surface area contributed by atoms with Crippen LogP contribution in [0.2, 0.25) is 0 Å². The molecular weight excluding hydrogens is 1850 g/mol. The van der Waals surface area contributed by atoms with E-state index >= 15 is 14.4 Å². The van der Waals surface area contributed by atoms with Crippen molar-refractivity contribution >= 4 is 163 Å². The second-order valence-corrected chi connectivity index (χ2v) is 37.3. The molecule has 136 heavy (non-hydrogen) atoms. The Labute approximate surface area is 790 Å². The monoisotopic (exact) mass is 1960 g/mol. The molecule has 25 N–H and O–H groups in total. The number of aliphatic hydroxyl groups excluding tert-OH is 2. The van der Waals surface area contributed by atoms with Crippen molar-refractivity contribution < 1.29 is 135 Å². The molecule has 3 aliphatic rings. The predicted octanol–water partition coefficient (Wildman–Crippen LogP) is -6.43. The minimum absolute atomic E-state index is 0.0153. The van der Waals surface area contributed by atoms with Crippen LogP contribution in [0.1, 0.15) is 101 Å². The van der Waals surface area contributed by atoms with Gasteiger partial charge in [0.15, 0.2) is 0 Å². The van der Waals surface area contributed by atoms with E-state index in [9.17, 15) is 121 Å². The Morgan fingerprint density at radius 2 is 1.06 bits per heavy atom. The normalized spacial score (nSPS) is 22.6. The number of sulfonamides is 1. The number of H-pyrrole nitrogens is 1. The molecule has 12 atom stereocenters. The van der Waals surface area contributed by atoms with Crippen LogP contribution in [-0.2, 0) is 125 Å². The standard InChI is InChI=1S/C85H120N20O28S3/c1-47(2)32-58-80(126)100-74(48(3)107)84(130)96-60(35-52-37-89-55-11-5-4-10-54(52)55)78(124)97-62(42-106)81(127)98-63(75(87)121)45-134-43-50-8-6-9-51(33-50)44-135-46-64(99-76(122)56(17-19-66(86)108)91-68(110)38-101-23-25-102(39-71(115)116)27-29-104(41-73(119)120)30-28-103(26-24-101)40-72(117)118)82(128)92-57(18-20-69(111)112)85(131)105-22-7-12-65(105)83(129)95-61(36-70(113)114)79(125)94-59(77(123)93-58)34-49-13-15-53(16-14-49)90-67(109)21-31-136(88,132)133/h4-6,8-11,13-16,33,37,47-48,56-65,74,89,106-107H,7,12,17-32,34-36,38-46H2,1-3H3,(H2,86,108)(H2,87,121)(H,90,109)(H,91,110)(H,92,128)(H,93,123)(H,94,125)(H,95,129)(H,96,130)(H,97,124)(H,98,127)(H,99,122)(H,100,126)(H,111,112)(H,113,114)(H,115,116)(H,117,118)(H,119,120)(H2,88,132,133)/t48-,56+,57+,58+,59+,60+,61+,62+,63+,64+,65-,74+/m1/s1. The van der Waals surface area contributed by atoms with Gasteiger partial charge in [-0.05, 0) is 85.4 Å². The summed E-state index contributed by atoms with van der Waals surface area (Å²) in [6, 6.07) is -0.821. The lowest BCUT2D eigenvalue weighted by molar-refractivity contribution is -0.145. The van der Waals surface area contributed by atoms with Gasteiger partial charge in [-0.3, -0.25) is 111 Å². The first-order valence-electron chi connectivity index (χ1n) is 43.7. The number of carboxylic acid groups (broad SMARTS) is 5. The number of carbonyl (C=O) groups excluding carboxylic acids is 14. The van der Waals surface area contributed by atoms with E-state index in [4.69, 9.17) is 16.6 Å². The van der Waals surface area contributed by atoms with Crippen molar-refractivity contribution in [2.75, 3.05) is 114 Å². The number of rotatable bonds is 32. The molecular formula is C85H120N20O28S3. The number of amides is 14. The minimum atomic E-state index is -4.07. The van der Waals surface area contributed by atoms with Crippen LogP contribution in [0, 0.1) is 5.92 Å². The highest BCUT2D eigenvalue weighted by Crippen LogP contribution is 2.25. The number of hydrogen-bond donors (Lipinski definition) is 22. The van der Waals surface area contributed by atoms with Gasteiger partial charge in [0.1, 0.15) is 66.5 Å². The van der Waals surface area contributed by atoms with E-state index in [1.807, 2.05) is 0 Å². The fraction of sp³-hybridized carbons (Fsp3) is 0.541. The fourth-order valence-electron chi connectivity index (χ4n) is 15.0. The van der Waals surface area contributed by atoms with Gasteiger partial charge in [-0.2, -0.15) is 23.5 Å². The molecule has 7 rings (SSSR count). The summed E-state index contributed by atoms with van der Waals surface area (Å²) in [4.78, 5) is 273. The largest absolute Gasteiger partial charge is 0.481 e. The molecule has 746 valence electrons. The number of aliphatic hydroxyl groups is 2. The number of aliphatic carboxylic acids is 5. The van der Waals surface area contributed by atoms with Gasteiger partial charge < -0.3 is 116 Å². The number of anilines is 1. The number of benzene rings is 3. The third-order valence-electron chi connectivity index (χ3n) is 22.1. The van der Waals surface area contributed by atoms with Gasteiger partial charge in [-0.1, -0.05) is 68.4 Å². The second kappa shape index (κ2) is 54.3. The molecule has 2 bridgehead atoms. The lowest BCUT2D eigenvalue weighted by Gasteiger charge is -2.33. The van der Waals surface area contributed by atoms with E-state index in [0.717, 1.165) is 35.3 Å². The number of primary sulfonamides is 1.